The second-order valence-electron chi connectivity index (χ2n) is 8.05. The number of amides is 1. The van der Waals surface area contributed by atoms with Crippen LogP contribution in [0.25, 0.3) is 0 Å². The molecule has 2 atom stereocenters. The van der Waals surface area contributed by atoms with Gasteiger partial charge in [-0.25, -0.2) is 17.7 Å². The van der Waals surface area contributed by atoms with Crippen molar-refractivity contribution in [1.29, 1.82) is 0 Å². The van der Waals surface area contributed by atoms with Gasteiger partial charge >= 0.3 is 0 Å². The Balaban J connectivity index is 1.53. The van der Waals surface area contributed by atoms with E-state index >= 15 is 0 Å². The topological polar surface area (TPSA) is 103 Å². The number of piperidine rings is 1. The number of carbonyl (C=O) groups excluding carboxylic acids is 1. The summed E-state index contributed by atoms with van der Waals surface area (Å²) in [6, 6.07) is 0.132. The van der Waals surface area contributed by atoms with Crippen molar-refractivity contribution in [2.75, 3.05) is 19.3 Å². The van der Waals surface area contributed by atoms with Gasteiger partial charge in [0.15, 0.2) is 0 Å². The van der Waals surface area contributed by atoms with Gasteiger partial charge in [-0.2, -0.15) is 0 Å². The Morgan fingerprint density at radius 2 is 1.74 bits per heavy atom. The standard InChI is InChI=1S/C18H26N4O4S/c1-11-19-16-10-14-4-3-13(9-15(16)17(23)20-11)22(14)18(24)12-5-7-21(8-6-12)27(2,25)26/h12-14H,3-10H2,1-2H3,(H,19,20,23)/t13-,14-/m0/s1. The summed E-state index contributed by atoms with van der Waals surface area (Å²) in [5, 5.41) is 0. The number of aryl methyl sites for hydroxylation is 1. The largest absolute Gasteiger partial charge is 0.336 e. The number of carbonyl (C=O) groups is 1. The van der Waals surface area contributed by atoms with Gasteiger partial charge in [0.25, 0.3) is 5.56 Å². The van der Waals surface area contributed by atoms with Gasteiger partial charge < -0.3 is 9.88 Å². The molecule has 0 radical (unpaired) electrons. The van der Waals surface area contributed by atoms with E-state index in [0.717, 1.165) is 24.1 Å². The first kappa shape index (κ1) is 18.6. The molecule has 1 N–H and O–H groups in total. The molecule has 1 aromatic heterocycles. The summed E-state index contributed by atoms with van der Waals surface area (Å²) in [6.07, 6.45) is 5.37. The fourth-order valence-electron chi connectivity index (χ4n) is 4.87. The number of fused-ring (bicyclic) bond motifs is 3. The summed E-state index contributed by atoms with van der Waals surface area (Å²) in [7, 11) is -3.20. The summed E-state index contributed by atoms with van der Waals surface area (Å²) in [5.74, 6) is 0.597. The number of hydrogen-bond donors (Lipinski definition) is 1. The van der Waals surface area contributed by atoms with Gasteiger partial charge in [0.1, 0.15) is 5.82 Å². The van der Waals surface area contributed by atoms with Crippen LogP contribution in [0, 0.1) is 12.8 Å². The third kappa shape index (κ3) is 3.42. The van der Waals surface area contributed by atoms with Gasteiger partial charge in [0.2, 0.25) is 15.9 Å². The average Bonchev–Trinajstić information content (AvgIpc) is 2.89. The van der Waals surface area contributed by atoms with Crippen LogP contribution in [0.1, 0.15) is 42.8 Å². The summed E-state index contributed by atoms with van der Waals surface area (Å²) >= 11 is 0. The number of aromatic nitrogens is 2. The lowest BCUT2D eigenvalue weighted by Crippen LogP contribution is -2.48. The Bertz CT molecular complexity index is 918. The first-order valence-corrected chi connectivity index (χ1v) is 11.4. The van der Waals surface area contributed by atoms with Crippen LogP contribution in [0.5, 0.6) is 0 Å². The summed E-state index contributed by atoms with van der Waals surface area (Å²) in [4.78, 5) is 34.9. The Labute approximate surface area is 159 Å². The van der Waals surface area contributed by atoms with Crippen molar-refractivity contribution in [3.05, 3.63) is 27.4 Å². The number of H-pyrrole nitrogens is 1. The molecule has 2 fully saturated rings. The molecule has 2 bridgehead atoms. The molecule has 2 saturated heterocycles. The monoisotopic (exact) mass is 394 g/mol. The van der Waals surface area contributed by atoms with Crippen LogP contribution >= 0.6 is 0 Å². The van der Waals surface area contributed by atoms with Gasteiger partial charge in [0, 0.05) is 49.5 Å². The van der Waals surface area contributed by atoms with Crippen molar-refractivity contribution in [3.8, 4) is 0 Å². The molecular formula is C18H26N4O4S. The first-order chi connectivity index (χ1) is 12.7. The summed E-state index contributed by atoms with van der Waals surface area (Å²) in [5.41, 5.74) is 1.46. The average molecular weight is 394 g/mol. The number of sulfonamides is 1. The van der Waals surface area contributed by atoms with Crippen LogP contribution in [0.3, 0.4) is 0 Å². The van der Waals surface area contributed by atoms with Crippen LogP contribution in [-0.2, 0) is 27.7 Å². The van der Waals surface area contributed by atoms with E-state index in [1.807, 2.05) is 4.90 Å². The van der Waals surface area contributed by atoms with E-state index in [0.29, 0.717) is 44.6 Å². The number of nitrogens with one attached hydrogen (secondary N) is 1. The Hall–Kier alpha value is -1.74. The smallest absolute Gasteiger partial charge is 0.254 e. The van der Waals surface area contributed by atoms with Crippen LogP contribution in [0.15, 0.2) is 4.79 Å². The zero-order valence-electron chi connectivity index (χ0n) is 15.8. The zero-order valence-corrected chi connectivity index (χ0v) is 16.6. The molecule has 4 heterocycles. The van der Waals surface area contributed by atoms with Crippen LogP contribution in [0.2, 0.25) is 0 Å². The van der Waals surface area contributed by atoms with E-state index in [9.17, 15) is 18.0 Å². The molecule has 0 aliphatic carbocycles. The van der Waals surface area contributed by atoms with E-state index in [-0.39, 0.29) is 29.5 Å². The lowest BCUT2D eigenvalue weighted by atomic mass is 9.95. The van der Waals surface area contributed by atoms with Crippen molar-refractivity contribution >= 4 is 15.9 Å². The highest BCUT2D eigenvalue weighted by Gasteiger charge is 2.43. The van der Waals surface area contributed by atoms with Crippen LogP contribution in [0.4, 0.5) is 0 Å². The van der Waals surface area contributed by atoms with Crippen LogP contribution < -0.4 is 5.56 Å². The van der Waals surface area contributed by atoms with Crippen molar-refractivity contribution < 1.29 is 13.2 Å². The quantitative estimate of drug-likeness (QED) is 0.772. The highest BCUT2D eigenvalue weighted by atomic mass is 32.2. The molecule has 0 spiro atoms. The Kier molecular flexibility index (Phi) is 4.62. The lowest BCUT2D eigenvalue weighted by Gasteiger charge is -2.35. The molecule has 0 unspecified atom stereocenters. The predicted molar refractivity (Wildman–Crippen MR) is 99.8 cm³/mol. The SMILES string of the molecule is Cc1nc2c(c(=O)[nH]1)C[C@@H]1CC[C@@H](C2)N1C(=O)C1CCN(S(C)(=O)=O)CC1. The maximum absolute atomic E-state index is 13.3. The molecule has 27 heavy (non-hydrogen) atoms. The van der Waals surface area contributed by atoms with Gasteiger partial charge in [-0.05, 0) is 32.6 Å². The summed E-state index contributed by atoms with van der Waals surface area (Å²) in [6.45, 7) is 2.58. The molecule has 1 aromatic rings. The van der Waals surface area contributed by atoms with E-state index in [2.05, 4.69) is 9.97 Å². The molecule has 148 valence electrons. The highest BCUT2D eigenvalue weighted by Crippen LogP contribution is 2.35. The minimum Gasteiger partial charge on any atom is -0.336 e. The van der Waals surface area contributed by atoms with E-state index in [1.165, 1.54) is 10.6 Å². The fourth-order valence-corrected chi connectivity index (χ4v) is 5.75. The number of aromatic amines is 1. The number of nitrogens with zero attached hydrogens (tertiary/aromatic N) is 3. The Morgan fingerprint density at radius 1 is 1.11 bits per heavy atom. The van der Waals surface area contributed by atoms with Crippen molar-refractivity contribution in [2.45, 2.75) is 57.5 Å². The maximum atomic E-state index is 13.3. The molecule has 8 nitrogen and oxygen atoms in total. The van der Waals surface area contributed by atoms with Gasteiger partial charge in [0.05, 0.1) is 11.9 Å². The molecule has 0 aromatic carbocycles. The molecule has 0 saturated carbocycles. The van der Waals surface area contributed by atoms with Gasteiger partial charge in [-0.3, -0.25) is 9.59 Å². The van der Waals surface area contributed by atoms with Crippen molar-refractivity contribution in [3.63, 3.8) is 0 Å². The Morgan fingerprint density at radius 3 is 2.37 bits per heavy atom. The molecule has 4 rings (SSSR count). The molecule has 9 heteroatoms. The maximum Gasteiger partial charge on any atom is 0.254 e. The fraction of sp³-hybridized carbons (Fsp3) is 0.722. The molecule has 1 amide bonds. The molecular weight excluding hydrogens is 368 g/mol. The van der Waals surface area contributed by atoms with Gasteiger partial charge in [-0.1, -0.05) is 0 Å². The second-order valence-corrected chi connectivity index (χ2v) is 10.0. The predicted octanol–water partition coefficient (Wildman–Crippen LogP) is 0.208. The molecule has 3 aliphatic rings. The molecule has 3 aliphatic heterocycles. The highest BCUT2D eigenvalue weighted by molar-refractivity contribution is 7.88. The third-order valence-corrected chi connectivity index (χ3v) is 7.54. The van der Waals surface area contributed by atoms with Crippen molar-refractivity contribution in [1.82, 2.24) is 19.2 Å². The van der Waals surface area contributed by atoms with E-state index in [4.69, 9.17) is 0 Å². The third-order valence-electron chi connectivity index (χ3n) is 6.23. The van der Waals surface area contributed by atoms with E-state index in [1.54, 1.807) is 6.92 Å². The van der Waals surface area contributed by atoms with E-state index < -0.39 is 10.0 Å². The van der Waals surface area contributed by atoms with Gasteiger partial charge in [-0.15, -0.1) is 0 Å². The minimum atomic E-state index is -3.20. The minimum absolute atomic E-state index is 0.0438. The zero-order chi connectivity index (χ0) is 19.3. The second kappa shape index (κ2) is 6.70. The number of hydrogen-bond acceptors (Lipinski definition) is 5. The summed E-state index contributed by atoms with van der Waals surface area (Å²) < 4.78 is 24.9. The lowest BCUT2D eigenvalue weighted by molar-refractivity contribution is -0.139. The normalized spacial score (nSPS) is 26.7. The number of rotatable bonds is 2. The first-order valence-electron chi connectivity index (χ1n) is 9.60. The van der Waals surface area contributed by atoms with Crippen molar-refractivity contribution in [2.24, 2.45) is 5.92 Å². The van der Waals surface area contributed by atoms with Crippen LogP contribution in [-0.4, -0.2) is 64.9 Å².